The molecule has 1 rings (SSSR count). The number of benzene rings is 1. The van der Waals surface area contributed by atoms with Gasteiger partial charge in [0.1, 0.15) is 11.6 Å². The highest BCUT2D eigenvalue weighted by atomic mass is 19.1. The second-order valence-electron chi connectivity index (χ2n) is 5.47. The lowest BCUT2D eigenvalue weighted by atomic mass is 9.99. The minimum absolute atomic E-state index is 0.287. The van der Waals surface area contributed by atoms with Crippen LogP contribution in [0.15, 0.2) is 12.1 Å². The van der Waals surface area contributed by atoms with Crippen molar-refractivity contribution in [2.45, 2.75) is 52.2 Å². The summed E-state index contributed by atoms with van der Waals surface area (Å²) in [5, 5.41) is 13.1. The van der Waals surface area contributed by atoms with Gasteiger partial charge in [0, 0.05) is 18.2 Å². The molecule has 1 aromatic carbocycles. The van der Waals surface area contributed by atoms with Crippen molar-refractivity contribution in [2.24, 2.45) is 0 Å². The van der Waals surface area contributed by atoms with Gasteiger partial charge >= 0.3 is 0 Å². The number of hydrogen-bond donors (Lipinski definition) is 2. The van der Waals surface area contributed by atoms with Crippen molar-refractivity contribution >= 4 is 0 Å². The van der Waals surface area contributed by atoms with Crippen molar-refractivity contribution in [3.63, 3.8) is 0 Å². The zero-order valence-electron chi connectivity index (χ0n) is 12.1. The highest BCUT2D eigenvalue weighted by Gasteiger charge is 2.21. The smallest absolute Gasteiger partial charge is 0.128 e. The van der Waals surface area contributed by atoms with Gasteiger partial charge in [-0.15, -0.1) is 0 Å². The second-order valence-corrected chi connectivity index (χ2v) is 5.47. The average Bonchev–Trinajstić information content (AvgIpc) is 2.31. The summed E-state index contributed by atoms with van der Waals surface area (Å²) in [5.41, 5.74) is -0.246. The highest BCUT2D eigenvalue weighted by Crippen LogP contribution is 2.21. The molecule has 0 radical (unpaired) electrons. The topological polar surface area (TPSA) is 32.3 Å². The maximum Gasteiger partial charge on any atom is 0.128 e. The van der Waals surface area contributed by atoms with Crippen molar-refractivity contribution in [3.05, 3.63) is 34.9 Å². The molecule has 0 aliphatic carbocycles. The van der Waals surface area contributed by atoms with Crippen molar-refractivity contribution in [1.82, 2.24) is 5.32 Å². The monoisotopic (exact) mass is 271 g/mol. The molecule has 108 valence electrons. The third kappa shape index (κ3) is 4.55. The predicted octanol–water partition coefficient (Wildman–Crippen LogP) is 3.47. The van der Waals surface area contributed by atoms with E-state index in [-0.39, 0.29) is 11.6 Å². The van der Waals surface area contributed by atoms with Gasteiger partial charge in [-0.25, -0.2) is 8.78 Å². The molecule has 0 aromatic heterocycles. The molecule has 0 aliphatic rings. The zero-order chi connectivity index (χ0) is 14.6. The molecule has 4 heteroatoms. The van der Waals surface area contributed by atoms with E-state index in [2.05, 4.69) is 5.32 Å². The van der Waals surface area contributed by atoms with Gasteiger partial charge in [-0.1, -0.05) is 13.3 Å². The fourth-order valence-electron chi connectivity index (χ4n) is 2.10. The van der Waals surface area contributed by atoms with Crippen LogP contribution in [0, 0.1) is 18.6 Å². The van der Waals surface area contributed by atoms with Gasteiger partial charge in [-0.05, 0) is 44.9 Å². The number of hydrogen-bond acceptors (Lipinski definition) is 2. The first-order chi connectivity index (χ1) is 8.76. The molecule has 0 fully saturated rings. The van der Waals surface area contributed by atoms with Crippen LogP contribution in [0.4, 0.5) is 8.78 Å². The average molecular weight is 271 g/mol. The molecule has 0 aliphatic heterocycles. The number of aryl methyl sites for hydroxylation is 1. The van der Waals surface area contributed by atoms with E-state index in [0.29, 0.717) is 18.5 Å². The Morgan fingerprint density at radius 3 is 2.53 bits per heavy atom. The third-order valence-electron chi connectivity index (χ3n) is 3.32. The molecule has 2 nitrogen and oxygen atoms in total. The van der Waals surface area contributed by atoms with Crippen LogP contribution in [-0.4, -0.2) is 17.3 Å². The van der Waals surface area contributed by atoms with E-state index >= 15 is 0 Å². The summed E-state index contributed by atoms with van der Waals surface area (Å²) >= 11 is 0. The molecule has 2 N–H and O–H groups in total. The molecule has 0 bridgehead atoms. The molecule has 0 amide bonds. The molecule has 19 heavy (non-hydrogen) atoms. The molecule has 2 unspecified atom stereocenters. The fourth-order valence-corrected chi connectivity index (χ4v) is 2.10. The normalized spacial score (nSPS) is 16.2. The van der Waals surface area contributed by atoms with Crippen LogP contribution in [0.3, 0.4) is 0 Å². The Bertz CT molecular complexity index is 432. The van der Waals surface area contributed by atoms with Crippen molar-refractivity contribution in [1.29, 1.82) is 0 Å². The lowest BCUT2D eigenvalue weighted by Gasteiger charge is -2.26. The van der Waals surface area contributed by atoms with Crippen LogP contribution in [-0.2, 0) is 0 Å². The molecule has 0 saturated heterocycles. The summed E-state index contributed by atoms with van der Waals surface area (Å²) in [5.74, 6) is -0.834. The Morgan fingerprint density at radius 1 is 1.32 bits per heavy atom. The zero-order valence-corrected chi connectivity index (χ0v) is 12.1. The first-order valence-electron chi connectivity index (χ1n) is 6.68. The minimum atomic E-state index is -0.831. The Hall–Kier alpha value is -1.00. The summed E-state index contributed by atoms with van der Waals surface area (Å²) < 4.78 is 27.3. The van der Waals surface area contributed by atoms with Gasteiger partial charge in [0.2, 0.25) is 0 Å². The van der Waals surface area contributed by atoms with Crippen LogP contribution in [0.1, 0.15) is 50.8 Å². The third-order valence-corrected chi connectivity index (χ3v) is 3.32. The van der Waals surface area contributed by atoms with E-state index in [1.165, 1.54) is 19.1 Å². The first kappa shape index (κ1) is 16.1. The van der Waals surface area contributed by atoms with Crippen LogP contribution >= 0.6 is 0 Å². The molecule has 0 saturated carbocycles. The molecule has 1 aromatic rings. The number of halogens is 2. The van der Waals surface area contributed by atoms with E-state index in [1.807, 2.05) is 6.92 Å². The highest BCUT2D eigenvalue weighted by molar-refractivity contribution is 5.27. The Morgan fingerprint density at radius 2 is 1.95 bits per heavy atom. The predicted molar refractivity (Wildman–Crippen MR) is 73.0 cm³/mol. The summed E-state index contributed by atoms with van der Waals surface area (Å²) in [6, 6.07) is 2.07. The van der Waals surface area contributed by atoms with Gasteiger partial charge in [-0.3, -0.25) is 0 Å². The number of aliphatic hydroxyl groups is 1. The van der Waals surface area contributed by atoms with Crippen LogP contribution in [0.25, 0.3) is 0 Å². The first-order valence-corrected chi connectivity index (χ1v) is 6.68. The summed E-state index contributed by atoms with van der Waals surface area (Å²) in [6.45, 7) is 7.37. The second kappa shape index (κ2) is 6.44. The number of nitrogens with one attached hydrogen (secondary N) is 1. The van der Waals surface area contributed by atoms with Crippen molar-refractivity contribution < 1.29 is 13.9 Å². The molecule has 0 heterocycles. The molecule has 0 spiro atoms. The molecular formula is C15H23F2NO. The summed E-state index contributed by atoms with van der Waals surface area (Å²) in [7, 11) is 0. The summed E-state index contributed by atoms with van der Waals surface area (Å²) in [6.07, 6.45) is 1.54. The van der Waals surface area contributed by atoms with Gasteiger partial charge < -0.3 is 10.4 Å². The van der Waals surface area contributed by atoms with Crippen molar-refractivity contribution in [2.75, 3.05) is 6.54 Å². The fraction of sp³-hybridized carbons (Fsp3) is 0.600. The van der Waals surface area contributed by atoms with E-state index in [4.69, 9.17) is 0 Å². The standard InChI is InChI=1S/C15H23F2NO/c1-5-6-15(4,19)9-18-11(3)12-8-13(16)10(2)7-14(12)17/h7-8,11,18-19H,5-6,9H2,1-4H3. The van der Waals surface area contributed by atoms with E-state index < -0.39 is 17.2 Å². The largest absolute Gasteiger partial charge is 0.389 e. The number of rotatable bonds is 6. The van der Waals surface area contributed by atoms with E-state index in [9.17, 15) is 13.9 Å². The maximum absolute atomic E-state index is 13.8. The van der Waals surface area contributed by atoms with Gasteiger partial charge in [0.25, 0.3) is 0 Å². The van der Waals surface area contributed by atoms with Gasteiger partial charge in [0.05, 0.1) is 5.60 Å². The Balaban J connectivity index is 2.73. The molecule has 2 atom stereocenters. The maximum atomic E-state index is 13.8. The van der Waals surface area contributed by atoms with Crippen LogP contribution < -0.4 is 5.32 Å². The van der Waals surface area contributed by atoms with Crippen LogP contribution in [0.5, 0.6) is 0 Å². The van der Waals surface area contributed by atoms with Crippen molar-refractivity contribution in [3.8, 4) is 0 Å². The van der Waals surface area contributed by atoms with Gasteiger partial charge in [0.15, 0.2) is 0 Å². The van der Waals surface area contributed by atoms with E-state index in [0.717, 1.165) is 6.42 Å². The quantitative estimate of drug-likeness (QED) is 0.830. The SMILES string of the molecule is CCCC(C)(O)CNC(C)c1cc(F)c(C)cc1F. The van der Waals surface area contributed by atoms with Crippen LogP contribution in [0.2, 0.25) is 0 Å². The minimum Gasteiger partial charge on any atom is -0.389 e. The summed E-state index contributed by atoms with van der Waals surface area (Å²) in [4.78, 5) is 0. The Kier molecular flexibility index (Phi) is 5.44. The lowest BCUT2D eigenvalue weighted by molar-refractivity contribution is 0.0475. The molecular weight excluding hydrogens is 248 g/mol. The van der Waals surface area contributed by atoms with E-state index in [1.54, 1.807) is 13.8 Å². The Labute approximate surface area is 113 Å². The lowest BCUT2D eigenvalue weighted by Crippen LogP contribution is -2.38. The van der Waals surface area contributed by atoms with Gasteiger partial charge in [-0.2, -0.15) is 0 Å².